The van der Waals surface area contributed by atoms with Gasteiger partial charge in [-0.3, -0.25) is 4.98 Å². The van der Waals surface area contributed by atoms with E-state index in [1.54, 1.807) is 18.5 Å². The van der Waals surface area contributed by atoms with E-state index in [2.05, 4.69) is 30.9 Å². The van der Waals surface area contributed by atoms with Crippen LogP contribution in [0.5, 0.6) is 5.88 Å². The van der Waals surface area contributed by atoms with E-state index in [0.717, 1.165) is 10.0 Å². The SMILES string of the molecule is COc1cc(C(O)Cc2cncc(Br)c2)ncn1. The van der Waals surface area contributed by atoms with Gasteiger partial charge in [-0.2, -0.15) is 0 Å². The van der Waals surface area contributed by atoms with Gasteiger partial charge in [0.05, 0.1) is 12.8 Å². The van der Waals surface area contributed by atoms with E-state index < -0.39 is 6.10 Å². The Labute approximate surface area is 113 Å². The summed E-state index contributed by atoms with van der Waals surface area (Å²) in [6, 6.07) is 3.53. The molecule has 2 aromatic heterocycles. The molecule has 5 nitrogen and oxygen atoms in total. The summed E-state index contributed by atoms with van der Waals surface area (Å²) in [5, 5.41) is 10.1. The number of hydrogen-bond donors (Lipinski definition) is 1. The van der Waals surface area contributed by atoms with Crippen molar-refractivity contribution in [2.24, 2.45) is 0 Å². The number of methoxy groups -OCH3 is 1. The Hall–Kier alpha value is -1.53. The highest BCUT2D eigenvalue weighted by Crippen LogP contribution is 2.19. The van der Waals surface area contributed by atoms with Crippen LogP contribution in [0.15, 0.2) is 35.3 Å². The van der Waals surface area contributed by atoms with Crippen LogP contribution in [0.25, 0.3) is 0 Å². The van der Waals surface area contributed by atoms with E-state index in [1.165, 1.54) is 13.4 Å². The zero-order chi connectivity index (χ0) is 13.0. The number of nitrogens with zero attached hydrogens (tertiary/aromatic N) is 3. The van der Waals surface area contributed by atoms with Crippen LogP contribution < -0.4 is 4.74 Å². The fourth-order valence-electron chi connectivity index (χ4n) is 1.54. The zero-order valence-electron chi connectivity index (χ0n) is 9.75. The highest BCUT2D eigenvalue weighted by Gasteiger charge is 2.12. The molecule has 6 heteroatoms. The van der Waals surface area contributed by atoms with Gasteiger partial charge in [-0.25, -0.2) is 9.97 Å². The van der Waals surface area contributed by atoms with Gasteiger partial charge in [0.1, 0.15) is 12.4 Å². The molecule has 0 aliphatic rings. The highest BCUT2D eigenvalue weighted by molar-refractivity contribution is 9.10. The first-order valence-electron chi connectivity index (χ1n) is 5.32. The second-order valence-corrected chi connectivity index (χ2v) is 4.63. The van der Waals surface area contributed by atoms with Crippen LogP contribution >= 0.6 is 15.9 Å². The van der Waals surface area contributed by atoms with E-state index in [-0.39, 0.29) is 0 Å². The Balaban J connectivity index is 2.13. The molecule has 0 radical (unpaired) electrons. The van der Waals surface area contributed by atoms with Crippen LogP contribution in [0.3, 0.4) is 0 Å². The fourth-order valence-corrected chi connectivity index (χ4v) is 1.95. The molecule has 18 heavy (non-hydrogen) atoms. The molecule has 0 aliphatic carbocycles. The standard InChI is InChI=1S/C12H12BrN3O2/c1-18-12-4-10(15-7-16-12)11(17)3-8-2-9(13)6-14-5-8/h2,4-7,11,17H,3H2,1H3. The van der Waals surface area contributed by atoms with Crippen molar-refractivity contribution >= 4 is 15.9 Å². The molecule has 0 bridgehead atoms. The summed E-state index contributed by atoms with van der Waals surface area (Å²) in [5.74, 6) is 0.436. The van der Waals surface area contributed by atoms with Gasteiger partial charge in [0, 0.05) is 29.4 Å². The Bertz CT molecular complexity index is 536. The summed E-state index contributed by atoms with van der Waals surface area (Å²) in [7, 11) is 1.52. The van der Waals surface area contributed by atoms with Crippen molar-refractivity contribution in [3.8, 4) is 5.88 Å². The molecule has 0 aliphatic heterocycles. The number of aromatic nitrogens is 3. The minimum Gasteiger partial charge on any atom is -0.481 e. The topological polar surface area (TPSA) is 68.1 Å². The predicted octanol–water partition coefficient (Wildman–Crippen LogP) is 1.92. The van der Waals surface area contributed by atoms with Crippen molar-refractivity contribution in [3.05, 3.63) is 46.6 Å². The molecule has 0 amide bonds. The van der Waals surface area contributed by atoms with Gasteiger partial charge < -0.3 is 9.84 Å². The third-order valence-corrected chi connectivity index (χ3v) is 2.84. The number of halogens is 1. The number of hydrogen-bond acceptors (Lipinski definition) is 5. The molecule has 0 aromatic carbocycles. The van der Waals surface area contributed by atoms with E-state index in [0.29, 0.717) is 18.0 Å². The highest BCUT2D eigenvalue weighted by atomic mass is 79.9. The summed E-state index contributed by atoms with van der Waals surface area (Å²) in [4.78, 5) is 12.0. The Morgan fingerprint density at radius 2 is 2.17 bits per heavy atom. The minimum atomic E-state index is -0.710. The van der Waals surface area contributed by atoms with Crippen molar-refractivity contribution in [2.75, 3.05) is 7.11 Å². The number of rotatable bonds is 4. The lowest BCUT2D eigenvalue weighted by Crippen LogP contribution is -2.05. The van der Waals surface area contributed by atoms with Crippen molar-refractivity contribution < 1.29 is 9.84 Å². The summed E-state index contributed by atoms with van der Waals surface area (Å²) >= 11 is 3.34. The fraction of sp³-hybridized carbons (Fsp3) is 0.250. The Morgan fingerprint density at radius 1 is 1.33 bits per heavy atom. The van der Waals surface area contributed by atoms with E-state index in [4.69, 9.17) is 4.74 Å². The molecule has 1 N–H and O–H groups in total. The molecule has 0 saturated heterocycles. The lowest BCUT2D eigenvalue weighted by molar-refractivity contribution is 0.172. The lowest BCUT2D eigenvalue weighted by atomic mass is 10.1. The molecule has 1 atom stereocenters. The molecule has 0 spiro atoms. The molecule has 94 valence electrons. The summed E-state index contributed by atoms with van der Waals surface area (Å²) in [5.41, 5.74) is 1.45. The monoisotopic (exact) mass is 309 g/mol. The van der Waals surface area contributed by atoms with Crippen LogP contribution in [0.2, 0.25) is 0 Å². The zero-order valence-corrected chi connectivity index (χ0v) is 11.3. The van der Waals surface area contributed by atoms with Gasteiger partial charge in [-0.05, 0) is 27.6 Å². The second-order valence-electron chi connectivity index (χ2n) is 3.72. The third-order valence-electron chi connectivity index (χ3n) is 2.40. The molecule has 2 aromatic rings. The minimum absolute atomic E-state index is 0.436. The lowest BCUT2D eigenvalue weighted by Gasteiger charge is -2.10. The van der Waals surface area contributed by atoms with Gasteiger partial charge >= 0.3 is 0 Å². The van der Waals surface area contributed by atoms with Gasteiger partial charge in [-0.15, -0.1) is 0 Å². The van der Waals surface area contributed by atoms with Crippen LogP contribution in [0.4, 0.5) is 0 Å². The number of pyridine rings is 1. The average Bonchev–Trinajstić information content (AvgIpc) is 2.39. The van der Waals surface area contributed by atoms with Crippen molar-refractivity contribution in [3.63, 3.8) is 0 Å². The first-order chi connectivity index (χ1) is 8.69. The Morgan fingerprint density at radius 3 is 2.89 bits per heavy atom. The van der Waals surface area contributed by atoms with Crippen LogP contribution in [-0.4, -0.2) is 27.2 Å². The normalized spacial score (nSPS) is 12.2. The van der Waals surface area contributed by atoms with E-state index in [9.17, 15) is 5.11 Å². The summed E-state index contributed by atoms with van der Waals surface area (Å²) in [6.07, 6.45) is 4.51. The van der Waals surface area contributed by atoms with Crippen LogP contribution in [0, 0.1) is 0 Å². The Kier molecular flexibility index (Phi) is 4.22. The van der Waals surface area contributed by atoms with Crippen LogP contribution in [0.1, 0.15) is 17.4 Å². The van der Waals surface area contributed by atoms with Crippen molar-refractivity contribution in [1.82, 2.24) is 15.0 Å². The number of ether oxygens (including phenoxy) is 1. The first-order valence-corrected chi connectivity index (χ1v) is 6.12. The molecule has 0 saturated carbocycles. The number of aliphatic hydroxyl groups is 1. The maximum absolute atomic E-state index is 10.1. The molecule has 0 fully saturated rings. The molecule has 2 rings (SSSR count). The van der Waals surface area contributed by atoms with Gasteiger partial charge in [0.25, 0.3) is 0 Å². The average molecular weight is 310 g/mol. The summed E-state index contributed by atoms with van der Waals surface area (Å²) in [6.45, 7) is 0. The van der Waals surface area contributed by atoms with Gasteiger partial charge in [0.2, 0.25) is 5.88 Å². The molecule has 1 unspecified atom stereocenters. The van der Waals surface area contributed by atoms with Crippen LogP contribution in [-0.2, 0) is 6.42 Å². The molecular weight excluding hydrogens is 298 g/mol. The smallest absolute Gasteiger partial charge is 0.216 e. The summed E-state index contributed by atoms with van der Waals surface area (Å²) < 4.78 is 5.87. The van der Waals surface area contributed by atoms with E-state index >= 15 is 0 Å². The molecule has 2 heterocycles. The maximum atomic E-state index is 10.1. The third kappa shape index (κ3) is 3.24. The quantitative estimate of drug-likeness (QED) is 0.934. The number of aliphatic hydroxyl groups excluding tert-OH is 1. The first kappa shape index (κ1) is 12.9. The van der Waals surface area contributed by atoms with E-state index in [1.807, 2.05) is 6.07 Å². The van der Waals surface area contributed by atoms with Crippen molar-refractivity contribution in [2.45, 2.75) is 12.5 Å². The van der Waals surface area contributed by atoms with Gasteiger partial charge in [-0.1, -0.05) is 0 Å². The van der Waals surface area contributed by atoms with Gasteiger partial charge in [0.15, 0.2) is 0 Å². The largest absolute Gasteiger partial charge is 0.481 e. The molecular formula is C12H12BrN3O2. The maximum Gasteiger partial charge on any atom is 0.216 e. The predicted molar refractivity (Wildman–Crippen MR) is 69.2 cm³/mol. The van der Waals surface area contributed by atoms with Crippen molar-refractivity contribution in [1.29, 1.82) is 0 Å². The second kappa shape index (κ2) is 5.88.